The monoisotopic (exact) mass is 387 g/mol. The van der Waals surface area contributed by atoms with Crippen LogP contribution >= 0.6 is 11.6 Å². The Hall–Kier alpha value is -2.50. The molecule has 3 aromatic carbocycles. The van der Waals surface area contributed by atoms with Gasteiger partial charge in [-0.15, -0.1) is 0 Å². The van der Waals surface area contributed by atoms with Gasteiger partial charge in [-0.3, -0.25) is 4.31 Å². The first-order chi connectivity index (χ1) is 12.4. The molecule has 0 atom stereocenters. The smallest absolute Gasteiger partial charge is 0.264 e. The van der Waals surface area contributed by atoms with Crippen LogP contribution in [0.1, 0.15) is 0 Å². The van der Waals surface area contributed by atoms with Crippen LogP contribution in [0.2, 0.25) is 5.02 Å². The molecular formula is C20H18ClNO3S. The van der Waals surface area contributed by atoms with Crippen molar-refractivity contribution >= 4 is 27.3 Å². The number of para-hydroxylation sites is 1. The Morgan fingerprint density at radius 1 is 0.923 bits per heavy atom. The lowest BCUT2D eigenvalue weighted by molar-refractivity contribution is 0.414. The SMILES string of the molecule is COc1ccc(S(=O)(=O)N(C)c2ccccc2-c2ccccc2)cc1Cl. The van der Waals surface area contributed by atoms with Crippen molar-refractivity contribution in [1.82, 2.24) is 0 Å². The van der Waals surface area contributed by atoms with Gasteiger partial charge in [-0.1, -0.05) is 60.1 Å². The van der Waals surface area contributed by atoms with Gasteiger partial charge >= 0.3 is 0 Å². The van der Waals surface area contributed by atoms with Crippen LogP contribution in [0.15, 0.2) is 77.7 Å². The average Bonchev–Trinajstić information content (AvgIpc) is 2.68. The lowest BCUT2D eigenvalue weighted by Crippen LogP contribution is -2.27. The molecule has 0 unspecified atom stereocenters. The molecular weight excluding hydrogens is 370 g/mol. The molecule has 4 nitrogen and oxygen atoms in total. The van der Waals surface area contributed by atoms with Crippen LogP contribution in [0.25, 0.3) is 11.1 Å². The van der Waals surface area contributed by atoms with Gasteiger partial charge in [0.25, 0.3) is 10.0 Å². The van der Waals surface area contributed by atoms with E-state index in [0.29, 0.717) is 11.4 Å². The van der Waals surface area contributed by atoms with Gasteiger partial charge in [0.2, 0.25) is 0 Å². The van der Waals surface area contributed by atoms with Crippen LogP contribution in [-0.2, 0) is 10.0 Å². The Morgan fingerprint density at radius 2 is 1.58 bits per heavy atom. The largest absolute Gasteiger partial charge is 0.495 e. The molecule has 6 heteroatoms. The predicted molar refractivity (Wildman–Crippen MR) is 105 cm³/mol. The van der Waals surface area contributed by atoms with Gasteiger partial charge < -0.3 is 4.74 Å². The summed E-state index contributed by atoms with van der Waals surface area (Å²) >= 11 is 6.11. The Labute approximate surface area is 158 Å². The number of rotatable bonds is 5. The maximum Gasteiger partial charge on any atom is 0.264 e. The summed E-state index contributed by atoms with van der Waals surface area (Å²) < 4.78 is 32.6. The van der Waals surface area contributed by atoms with Crippen LogP contribution in [0.3, 0.4) is 0 Å². The van der Waals surface area contributed by atoms with Gasteiger partial charge in [-0.2, -0.15) is 0 Å². The van der Waals surface area contributed by atoms with Gasteiger partial charge in [0.15, 0.2) is 0 Å². The number of nitrogens with zero attached hydrogens (tertiary/aromatic N) is 1. The zero-order chi connectivity index (χ0) is 18.7. The summed E-state index contributed by atoms with van der Waals surface area (Å²) in [6.45, 7) is 0. The summed E-state index contributed by atoms with van der Waals surface area (Å²) in [6, 6.07) is 21.5. The van der Waals surface area contributed by atoms with Crippen LogP contribution in [0, 0.1) is 0 Å². The molecule has 3 rings (SSSR count). The van der Waals surface area contributed by atoms with Gasteiger partial charge in [0, 0.05) is 12.6 Å². The van der Waals surface area contributed by atoms with E-state index >= 15 is 0 Å². The van der Waals surface area contributed by atoms with E-state index < -0.39 is 10.0 Å². The summed E-state index contributed by atoms with van der Waals surface area (Å²) in [4.78, 5) is 0.105. The highest BCUT2D eigenvalue weighted by Crippen LogP contribution is 2.34. The zero-order valence-corrected chi connectivity index (χ0v) is 16.0. The minimum Gasteiger partial charge on any atom is -0.495 e. The lowest BCUT2D eigenvalue weighted by atomic mass is 10.0. The molecule has 0 saturated carbocycles. The van der Waals surface area contributed by atoms with E-state index in [4.69, 9.17) is 16.3 Å². The van der Waals surface area contributed by atoms with E-state index in [1.54, 1.807) is 12.1 Å². The van der Waals surface area contributed by atoms with Crippen LogP contribution in [0.5, 0.6) is 5.75 Å². The fourth-order valence-electron chi connectivity index (χ4n) is 2.71. The molecule has 0 aromatic heterocycles. The molecule has 3 aromatic rings. The molecule has 0 amide bonds. The quantitative estimate of drug-likeness (QED) is 0.629. The third kappa shape index (κ3) is 3.41. The first-order valence-electron chi connectivity index (χ1n) is 7.92. The number of ether oxygens (including phenoxy) is 1. The van der Waals surface area contributed by atoms with E-state index in [9.17, 15) is 8.42 Å². The first kappa shape index (κ1) is 18.3. The van der Waals surface area contributed by atoms with Gasteiger partial charge in [-0.05, 0) is 29.8 Å². The summed E-state index contributed by atoms with van der Waals surface area (Å²) in [5.41, 5.74) is 2.36. The van der Waals surface area contributed by atoms with Crippen molar-refractivity contribution < 1.29 is 13.2 Å². The third-order valence-electron chi connectivity index (χ3n) is 4.11. The number of halogens is 1. The van der Waals surface area contributed by atoms with Crippen molar-refractivity contribution in [2.24, 2.45) is 0 Å². The van der Waals surface area contributed by atoms with Crippen LogP contribution < -0.4 is 9.04 Å². The molecule has 0 N–H and O–H groups in total. The van der Waals surface area contributed by atoms with Crippen molar-refractivity contribution in [2.75, 3.05) is 18.5 Å². The molecule has 0 radical (unpaired) electrons. The second-order valence-corrected chi connectivity index (χ2v) is 8.03. The number of anilines is 1. The Kier molecular flexibility index (Phi) is 5.20. The van der Waals surface area contributed by atoms with Gasteiger partial charge in [0.05, 0.1) is 22.7 Å². The normalized spacial score (nSPS) is 11.2. The zero-order valence-electron chi connectivity index (χ0n) is 14.4. The molecule has 0 aliphatic carbocycles. The second-order valence-electron chi connectivity index (χ2n) is 5.65. The summed E-state index contributed by atoms with van der Waals surface area (Å²) in [6.07, 6.45) is 0. The minimum absolute atomic E-state index is 0.105. The Bertz CT molecular complexity index is 1020. The minimum atomic E-state index is -3.78. The lowest BCUT2D eigenvalue weighted by Gasteiger charge is -2.23. The molecule has 0 aliphatic rings. The Morgan fingerprint density at radius 3 is 2.23 bits per heavy atom. The second kappa shape index (κ2) is 7.40. The van der Waals surface area contributed by atoms with Crippen molar-refractivity contribution in [2.45, 2.75) is 4.90 Å². The molecule has 26 heavy (non-hydrogen) atoms. The molecule has 0 fully saturated rings. The van der Waals surface area contributed by atoms with Crippen LogP contribution in [0.4, 0.5) is 5.69 Å². The highest BCUT2D eigenvalue weighted by molar-refractivity contribution is 7.92. The number of hydrogen-bond donors (Lipinski definition) is 0. The summed E-state index contributed by atoms with van der Waals surface area (Å²) in [5, 5.41) is 0.248. The molecule has 0 saturated heterocycles. The molecule has 0 spiro atoms. The van der Waals surface area contributed by atoms with E-state index in [1.807, 2.05) is 48.5 Å². The maximum absolute atomic E-state index is 13.1. The highest BCUT2D eigenvalue weighted by Gasteiger charge is 2.24. The van der Waals surface area contributed by atoms with E-state index in [2.05, 4.69) is 0 Å². The molecule has 0 aliphatic heterocycles. The maximum atomic E-state index is 13.1. The highest BCUT2D eigenvalue weighted by atomic mass is 35.5. The first-order valence-corrected chi connectivity index (χ1v) is 9.74. The van der Waals surface area contributed by atoms with Crippen molar-refractivity contribution in [1.29, 1.82) is 0 Å². The van der Waals surface area contributed by atoms with Crippen molar-refractivity contribution in [3.63, 3.8) is 0 Å². The van der Waals surface area contributed by atoms with E-state index in [-0.39, 0.29) is 9.92 Å². The molecule has 0 heterocycles. The Balaban J connectivity index is 2.07. The van der Waals surface area contributed by atoms with Crippen molar-refractivity contribution in [3.8, 4) is 16.9 Å². The fourth-order valence-corrected chi connectivity index (χ4v) is 4.27. The van der Waals surface area contributed by atoms with E-state index in [0.717, 1.165) is 11.1 Å². The molecule has 134 valence electrons. The number of hydrogen-bond acceptors (Lipinski definition) is 3. The summed E-state index contributed by atoms with van der Waals surface area (Å²) in [5.74, 6) is 0.429. The summed E-state index contributed by atoms with van der Waals surface area (Å²) in [7, 11) is -0.756. The number of benzene rings is 3. The fraction of sp³-hybridized carbons (Fsp3) is 0.100. The van der Waals surface area contributed by atoms with Crippen molar-refractivity contribution in [3.05, 3.63) is 77.8 Å². The average molecular weight is 388 g/mol. The van der Waals surface area contributed by atoms with E-state index in [1.165, 1.54) is 30.6 Å². The topological polar surface area (TPSA) is 46.6 Å². The number of methoxy groups -OCH3 is 1. The number of sulfonamides is 1. The standard InChI is InChI=1S/C20H18ClNO3S/c1-22(26(23,24)16-12-13-20(25-2)18(21)14-16)19-11-7-6-10-17(19)15-8-4-3-5-9-15/h3-14H,1-2H3. The van der Waals surface area contributed by atoms with Gasteiger partial charge in [-0.25, -0.2) is 8.42 Å². The molecule has 0 bridgehead atoms. The predicted octanol–water partition coefficient (Wildman–Crippen LogP) is 4.84. The van der Waals surface area contributed by atoms with Crippen LogP contribution in [-0.4, -0.2) is 22.6 Å². The third-order valence-corrected chi connectivity index (χ3v) is 6.17. The van der Waals surface area contributed by atoms with Gasteiger partial charge in [0.1, 0.15) is 5.75 Å².